The van der Waals surface area contributed by atoms with Crippen molar-refractivity contribution in [2.45, 2.75) is 19.1 Å². The van der Waals surface area contributed by atoms with E-state index in [1.54, 1.807) is 31.2 Å². The lowest BCUT2D eigenvalue weighted by molar-refractivity contribution is -0.137. The van der Waals surface area contributed by atoms with E-state index < -0.39 is 17.8 Å². The van der Waals surface area contributed by atoms with E-state index in [0.717, 1.165) is 6.07 Å². The molecule has 0 radical (unpaired) electrons. The molecule has 0 saturated heterocycles. The average molecular weight is 334 g/mol. The molecular weight excluding hydrogens is 322 g/mol. The molecule has 0 saturated carbocycles. The summed E-state index contributed by atoms with van der Waals surface area (Å²) in [5, 5.41) is 3.54. The third-order valence-corrected chi connectivity index (χ3v) is 3.89. The molecule has 0 amide bonds. The monoisotopic (exact) mass is 333 g/mol. The van der Waals surface area contributed by atoms with Crippen LogP contribution in [0.25, 0.3) is 0 Å². The summed E-state index contributed by atoms with van der Waals surface area (Å²) in [4.78, 5) is 0. The van der Waals surface area contributed by atoms with Crippen LogP contribution in [-0.4, -0.2) is 0 Å². The van der Waals surface area contributed by atoms with Gasteiger partial charge in [-0.3, -0.25) is 0 Å². The molecule has 0 aromatic heterocycles. The van der Waals surface area contributed by atoms with Gasteiger partial charge in [-0.1, -0.05) is 47.5 Å². The zero-order chi connectivity index (χ0) is 15.6. The zero-order valence-corrected chi connectivity index (χ0v) is 12.5. The molecule has 112 valence electrons. The molecule has 6 heteroatoms. The second kappa shape index (κ2) is 6.16. The molecule has 0 spiro atoms. The number of nitrogens with one attached hydrogen (secondary N) is 1. The highest BCUT2D eigenvalue weighted by Crippen LogP contribution is 2.37. The van der Waals surface area contributed by atoms with Crippen LogP contribution in [0.5, 0.6) is 0 Å². The zero-order valence-electron chi connectivity index (χ0n) is 11.0. The smallest absolute Gasteiger partial charge is 0.378 e. The molecule has 1 atom stereocenters. The van der Waals surface area contributed by atoms with Gasteiger partial charge in [0.25, 0.3) is 0 Å². The first-order valence-electron chi connectivity index (χ1n) is 6.17. The van der Waals surface area contributed by atoms with E-state index in [0.29, 0.717) is 15.6 Å². The normalized spacial score (nSPS) is 13.0. The van der Waals surface area contributed by atoms with Crippen LogP contribution in [0, 0.1) is 0 Å². The molecule has 2 rings (SSSR count). The van der Waals surface area contributed by atoms with Crippen molar-refractivity contribution < 1.29 is 13.2 Å². The fourth-order valence-corrected chi connectivity index (χ4v) is 2.49. The molecule has 0 aliphatic rings. The molecule has 0 aliphatic carbocycles. The van der Waals surface area contributed by atoms with Gasteiger partial charge in [-0.05, 0) is 30.7 Å². The quantitative estimate of drug-likeness (QED) is 0.706. The topological polar surface area (TPSA) is 12.0 Å². The fourth-order valence-electron chi connectivity index (χ4n) is 2.02. The van der Waals surface area contributed by atoms with Crippen molar-refractivity contribution in [3.63, 3.8) is 0 Å². The number of para-hydroxylation sites is 1. The number of rotatable bonds is 3. The minimum Gasteiger partial charge on any atom is -0.378 e. The fraction of sp³-hybridized carbons (Fsp3) is 0.200. The van der Waals surface area contributed by atoms with E-state index in [9.17, 15) is 13.2 Å². The van der Waals surface area contributed by atoms with Crippen molar-refractivity contribution in [1.29, 1.82) is 0 Å². The SMILES string of the molecule is CC(Nc1ccccc1C(F)(F)F)c1cccc(Cl)c1Cl. The number of alkyl halides is 3. The third kappa shape index (κ3) is 3.63. The van der Waals surface area contributed by atoms with Gasteiger partial charge in [-0.2, -0.15) is 13.2 Å². The second-order valence-corrected chi connectivity index (χ2v) is 5.34. The molecule has 0 fully saturated rings. The van der Waals surface area contributed by atoms with Gasteiger partial charge in [0.15, 0.2) is 0 Å². The van der Waals surface area contributed by atoms with Crippen molar-refractivity contribution in [2.24, 2.45) is 0 Å². The van der Waals surface area contributed by atoms with Crippen molar-refractivity contribution in [1.82, 2.24) is 0 Å². The van der Waals surface area contributed by atoms with Gasteiger partial charge in [-0.15, -0.1) is 0 Å². The van der Waals surface area contributed by atoms with Crippen LogP contribution >= 0.6 is 23.2 Å². The first-order valence-corrected chi connectivity index (χ1v) is 6.93. The van der Waals surface area contributed by atoms with Crippen LogP contribution in [0.3, 0.4) is 0 Å². The second-order valence-electron chi connectivity index (χ2n) is 4.55. The number of hydrogen-bond donors (Lipinski definition) is 1. The summed E-state index contributed by atoms with van der Waals surface area (Å²) in [5.74, 6) is 0. The lowest BCUT2D eigenvalue weighted by Gasteiger charge is -2.20. The predicted molar refractivity (Wildman–Crippen MR) is 79.9 cm³/mol. The maximum atomic E-state index is 13.0. The lowest BCUT2D eigenvalue weighted by atomic mass is 10.1. The van der Waals surface area contributed by atoms with E-state index in [-0.39, 0.29) is 5.69 Å². The van der Waals surface area contributed by atoms with Crippen LogP contribution in [0.2, 0.25) is 10.0 Å². The Hall–Kier alpha value is -1.39. The number of anilines is 1. The van der Waals surface area contributed by atoms with Crippen LogP contribution in [0.15, 0.2) is 42.5 Å². The number of hydrogen-bond acceptors (Lipinski definition) is 1. The standard InChI is InChI=1S/C15H12Cl2F3N/c1-9(10-5-4-7-12(16)14(10)17)21-13-8-3-2-6-11(13)15(18,19)20/h2-9,21H,1H3. The molecule has 2 aromatic rings. The Morgan fingerprint density at radius 2 is 1.67 bits per heavy atom. The first kappa shape index (κ1) is 16.0. The number of halogens is 5. The summed E-state index contributed by atoms with van der Waals surface area (Å²) in [7, 11) is 0. The van der Waals surface area contributed by atoms with Crippen LogP contribution in [0.4, 0.5) is 18.9 Å². The Bertz CT molecular complexity index is 641. The van der Waals surface area contributed by atoms with Crippen molar-refractivity contribution in [3.8, 4) is 0 Å². The Kier molecular flexibility index (Phi) is 4.69. The summed E-state index contributed by atoms with van der Waals surface area (Å²) in [5.41, 5.74) is -0.0651. The van der Waals surface area contributed by atoms with E-state index in [1.165, 1.54) is 12.1 Å². The molecule has 1 unspecified atom stereocenters. The highest BCUT2D eigenvalue weighted by atomic mass is 35.5. The summed E-state index contributed by atoms with van der Waals surface area (Å²) in [6.07, 6.45) is -4.42. The summed E-state index contributed by atoms with van der Waals surface area (Å²) >= 11 is 12.0. The van der Waals surface area contributed by atoms with E-state index in [1.807, 2.05) is 0 Å². The maximum Gasteiger partial charge on any atom is 0.418 e. The molecule has 0 aliphatic heterocycles. The van der Waals surface area contributed by atoms with Crippen LogP contribution in [0.1, 0.15) is 24.1 Å². The van der Waals surface area contributed by atoms with Gasteiger partial charge in [0, 0.05) is 5.69 Å². The summed E-state index contributed by atoms with van der Waals surface area (Å²) in [6.45, 7) is 1.73. The lowest BCUT2D eigenvalue weighted by Crippen LogP contribution is -2.13. The molecule has 0 heterocycles. The Morgan fingerprint density at radius 1 is 1.00 bits per heavy atom. The van der Waals surface area contributed by atoms with Gasteiger partial charge in [-0.25, -0.2) is 0 Å². The van der Waals surface area contributed by atoms with Gasteiger partial charge in [0.2, 0.25) is 0 Å². The molecular formula is C15H12Cl2F3N. The minimum atomic E-state index is -4.42. The van der Waals surface area contributed by atoms with Crippen molar-refractivity contribution in [2.75, 3.05) is 5.32 Å². The molecule has 21 heavy (non-hydrogen) atoms. The third-order valence-electron chi connectivity index (χ3n) is 3.05. The van der Waals surface area contributed by atoms with Gasteiger partial charge in [0.05, 0.1) is 21.7 Å². The van der Waals surface area contributed by atoms with Crippen LogP contribution in [-0.2, 0) is 6.18 Å². The Balaban J connectivity index is 2.32. The molecule has 0 bridgehead atoms. The predicted octanol–water partition coefficient (Wildman–Crippen LogP) is 6.19. The summed E-state index contributed by atoms with van der Waals surface area (Å²) in [6, 6.07) is 9.96. The van der Waals surface area contributed by atoms with Gasteiger partial charge >= 0.3 is 6.18 Å². The highest BCUT2D eigenvalue weighted by Gasteiger charge is 2.33. The average Bonchev–Trinajstić information content (AvgIpc) is 2.41. The van der Waals surface area contributed by atoms with Crippen molar-refractivity contribution in [3.05, 3.63) is 63.6 Å². The highest BCUT2D eigenvalue weighted by molar-refractivity contribution is 6.42. The molecule has 1 N–H and O–H groups in total. The van der Waals surface area contributed by atoms with Crippen LogP contribution < -0.4 is 5.32 Å². The van der Waals surface area contributed by atoms with E-state index in [2.05, 4.69) is 5.32 Å². The van der Waals surface area contributed by atoms with Gasteiger partial charge < -0.3 is 5.32 Å². The van der Waals surface area contributed by atoms with Gasteiger partial charge in [0.1, 0.15) is 0 Å². The van der Waals surface area contributed by atoms with E-state index in [4.69, 9.17) is 23.2 Å². The molecule has 1 nitrogen and oxygen atoms in total. The Morgan fingerprint density at radius 3 is 2.33 bits per heavy atom. The van der Waals surface area contributed by atoms with E-state index >= 15 is 0 Å². The van der Waals surface area contributed by atoms with Crippen molar-refractivity contribution >= 4 is 28.9 Å². The maximum absolute atomic E-state index is 13.0. The first-order chi connectivity index (χ1) is 9.80. The molecule has 2 aromatic carbocycles. The minimum absolute atomic E-state index is 0.00791. The Labute approximate surface area is 130 Å². The summed E-state index contributed by atoms with van der Waals surface area (Å²) < 4.78 is 38.9. The number of benzene rings is 2. The largest absolute Gasteiger partial charge is 0.418 e.